The normalized spacial score (nSPS) is 10.5. The minimum absolute atomic E-state index is 0.365. The van der Waals surface area contributed by atoms with Gasteiger partial charge in [0.05, 0.1) is 0 Å². The van der Waals surface area contributed by atoms with Crippen molar-refractivity contribution in [2.75, 3.05) is 0 Å². The van der Waals surface area contributed by atoms with Crippen molar-refractivity contribution in [2.24, 2.45) is 0 Å². The van der Waals surface area contributed by atoms with Gasteiger partial charge in [-0.15, -0.1) is 0 Å². The molecule has 0 fully saturated rings. The number of aromatic carboxylic acids is 1. The van der Waals surface area contributed by atoms with Crippen molar-refractivity contribution in [1.82, 2.24) is 4.98 Å². The van der Waals surface area contributed by atoms with E-state index in [-0.39, 0.29) is 4.60 Å². The molecular weight excluding hydrogens is 294 g/mol. The van der Waals surface area contributed by atoms with Crippen molar-refractivity contribution in [2.45, 2.75) is 6.43 Å². The number of carboxylic acid groups (broad SMARTS) is 1. The Bertz CT molecular complexity index is 466. The van der Waals surface area contributed by atoms with Crippen LogP contribution in [0.4, 0.5) is 14.6 Å². The Morgan fingerprint density at radius 3 is 2.56 bits per heavy atom. The van der Waals surface area contributed by atoms with E-state index in [2.05, 4.69) is 20.9 Å². The minimum atomic E-state index is -3.17. The Morgan fingerprint density at radius 1 is 1.62 bits per heavy atom. The van der Waals surface area contributed by atoms with Gasteiger partial charge in [0.1, 0.15) is 11.1 Å². The summed E-state index contributed by atoms with van der Waals surface area (Å²) in [5.74, 6) is -2.57. The van der Waals surface area contributed by atoms with E-state index in [9.17, 15) is 23.7 Å². The number of hydrogen-bond donors (Lipinski definition) is 1. The van der Waals surface area contributed by atoms with E-state index in [1.54, 1.807) is 0 Å². The molecule has 0 atom stereocenters. The van der Waals surface area contributed by atoms with Gasteiger partial charge in [0.15, 0.2) is 0 Å². The first-order valence-electron chi connectivity index (χ1n) is 3.71. The summed E-state index contributed by atoms with van der Waals surface area (Å²) in [6, 6.07) is 0.530. The molecular formula is C7H3BrF2N2O4. The maximum Gasteiger partial charge on any atom is 0.373 e. The lowest BCUT2D eigenvalue weighted by molar-refractivity contribution is -0.391. The third kappa shape index (κ3) is 2.30. The molecule has 6 nitrogen and oxygen atoms in total. The number of nitro groups is 1. The molecule has 0 aliphatic rings. The minimum Gasteiger partial charge on any atom is -0.478 e. The van der Waals surface area contributed by atoms with E-state index in [0.29, 0.717) is 6.07 Å². The molecule has 0 amide bonds. The molecule has 0 unspecified atom stereocenters. The van der Waals surface area contributed by atoms with Crippen LogP contribution in [0.25, 0.3) is 0 Å². The Balaban J connectivity index is 3.49. The lowest BCUT2D eigenvalue weighted by atomic mass is 10.2. The number of rotatable bonds is 3. The number of halogens is 3. The van der Waals surface area contributed by atoms with E-state index in [1.807, 2.05) is 0 Å². The number of aromatic nitrogens is 1. The van der Waals surface area contributed by atoms with Gasteiger partial charge in [0.2, 0.25) is 4.60 Å². The lowest BCUT2D eigenvalue weighted by Gasteiger charge is -2.03. The Hall–Kier alpha value is -1.64. The molecule has 0 aliphatic heterocycles. The molecule has 0 aromatic carbocycles. The van der Waals surface area contributed by atoms with Crippen molar-refractivity contribution < 1.29 is 23.6 Å². The highest BCUT2D eigenvalue weighted by atomic mass is 79.9. The van der Waals surface area contributed by atoms with Gasteiger partial charge in [-0.3, -0.25) is 0 Å². The highest BCUT2D eigenvalue weighted by Gasteiger charge is 2.28. The van der Waals surface area contributed by atoms with Gasteiger partial charge < -0.3 is 15.2 Å². The molecule has 1 aromatic rings. The van der Waals surface area contributed by atoms with Crippen molar-refractivity contribution in [3.05, 3.63) is 31.9 Å². The average molecular weight is 297 g/mol. The predicted molar refractivity (Wildman–Crippen MR) is 50.5 cm³/mol. The summed E-state index contributed by atoms with van der Waals surface area (Å²) >= 11 is 2.66. The molecule has 16 heavy (non-hydrogen) atoms. The predicted octanol–water partition coefficient (Wildman–Crippen LogP) is 2.39. The second-order valence-electron chi connectivity index (χ2n) is 2.60. The van der Waals surface area contributed by atoms with E-state index >= 15 is 0 Å². The van der Waals surface area contributed by atoms with Crippen LogP contribution < -0.4 is 0 Å². The van der Waals surface area contributed by atoms with Crippen LogP contribution in [0, 0.1) is 10.1 Å². The maximum absolute atomic E-state index is 12.4. The summed E-state index contributed by atoms with van der Waals surface area (Å²) in [4.78, 5) is 23.1. The van der Waals surface area contributed by atoms with Gasteiger partial charge in [0, 0.05) is 15.9 Å². The smallest absolute Gasteiger partial charge is 0.373 e. The number of nitrogens with zero attached hydrogens (tertiary/aromatic N) is 2. The largest absolute Gasteiger partial charge is 0.478 e. The van der Waals surface area contributed by atoms with E-state index in [0.717, 1.165) is 0 Å². The standard InChI is InChI=1S/C7H3BrF2N2O4/c8-4-2(7(13)14)1-3(5(9)10)6(11-4)12(15)16/h1,5H,(H,13,14). The van der Waals surface area contributed by atoms with Crippen molar-refractivity contribution in [3.63, 3.8) is 0 Å². The number of carboxylic acids is 1. The SMILES string of the molecule is O=C(O)c1cc(C(F)F)c([N+](=O)[O-])nc1Br. The topological polar surface area (TPSA) is 93.3 Å². The van der Waals surface area contributed by atoms with E-state index in [4.69, 9.17) is 5.11 Å². The fourth-order valence-corrected chi connectivity index (χ4v) is 1.41. The highest BCUT2D eigenvalue weighted by molar-refractivity contribution is 9.10. The van der Waals surface area contributed by atoms with Gasteiger partial charge in [-0.25, -0.2) is 13.6 Å². The van der Waals surface area contributed by atoms with Crippen LogP contribution in [0.2, 0.25) is 0 Å². The molecule has 1 N–H and O–H groups in total. The summed E-state index contributed by atoms with van der Waals surface area (Å²) in [6.07, 6.45) is -3.17. The molecule has 0 spiro atoms. The highest BCUT2D eigenvalue weighted by Crippen LogP contribution is 2.30. The number of alkyl halides is 2. The van der Waals surface area contributed by atoms with Crippen LogP contribution in [-0.2, 0) is 0 Å². The molecule has 1 heterocycles. The van der Waals surface area contributed by atoms with Gasteiger partial charge in [-0.05, 0) is 16.0 Å². The fraction of sp³-hybridized carbons (Fsp3) is 0.143. The average Bonchev–Trinajstić information content (AvgIpc) is 2.15. The Labute approximate surface area is 95.2 Å². The van der Waals surface area contributed by atoms with Crippen LogP contribution in [0.5, 0.6) is 0 Å². The van der Waals surface area contributed by atoms with E-state index < -0.39 is 34.3 Å². The third-order valence-corrected chi connectivity index (χ3v) is 2.23. The first kappa shape index (κ1) is 12.4. The molecule has 1 aromatic heterocycles. The van der Waals surface area contributed by atoms with Crippen LogP contribution >= 0.6 is 15.9 Å². The Kier molecular flexibility index (Phi) is 3.48. The zero-order valence-electron chi connectivity index (χ0n) is 7.35. The monoisotopic (exact) mass is 296 g/mol. The van der Waals surface area contributed by atoms with Gasteiger partial charge in [0.25, 0.3) is 6.43 Å². The van der Waals surface area contributed by atoms with Gasteiger partial charge >= 0.3 is 11.8 Å². The third-order valence-electron chi connectivity index (χ3n) is 1.62. The second-order valence-corrected chi connectivity index (χ2v) is 3.35. The summed E-state index contributed by atoms with van der Waals surface area (Å²) in [6.45, 7) is 0. The quantitative estimate of drug-likeness (QED) is 0.525. The second kappa shape index (κ2) is 4.47. The zero-order chi connectivity index (χ0) is 12.5. The van der Waals surface area contributed by atoms with E-state index in [1.165, 1.54) is 0 Å². The number of hydrogen-bond acceptors (Lipinski definition) is 4. The molecule has 0 radical (unpaired) electrons. The number of carbonyl (C=O) groups is 1. The zero-order valence-corrected chi connectivity index (χ0v) is 8.94. The molecule has 0 saturated carbocycles. The van der Waals surface area contributed by atoms with Crippen LogP contribution in [0.3, 0.4) is 0 Å². The molecule has 9 heteroatoms. The maximum atomic E-state index is 12.4. The first-order chi connectivity index (χ1) is 7.34. The Morgan fingerprint density at radius 2 is 2.19 bits per heavy atom. The van der Waals surface area contributed by atoms with Crippen molar-refractivity contribution in [3.8, 4) is 0 Å². The summed E-state index contributed by atoms with van der Waals surface area (Å²) in [5, 5.41) is 19.0. The molecule has 86 valence electrons. The van der Waals surface area contributed by atoms with Gasteiger partial charge in [-0.2, -0.15) is 0 Å². The first-order valence-corrected chi connectivity index (χ1v) is 4.50. The van der Waals surface area contributed by atoms with Crippen LogP contribution in [0.15, 0.2) is 10.7 Å². The summed E-state index contributed by atoms with van der Waals surface area (Å²) in [5.41, 5.74) is -1.58. The van der Waals surface area contributed by atoms with Crippen molar-refractivity contribution in [1.29, 1.82) is 0 Å². The molecule has 1 rings (SSSR count). The van der Waals surface area contributed by atoms with Gasteiger partial charge in [-0.1, -0.05) is 0 Å². The number of pyridine rings is 1. The fourth-order valence-electron chi connectivity index (χ4n) is 0.954. The van der Waals surface area contributed by atoms with Crippen LogP contribution in [0.1, 0.15) is 22.3 Å². The lowest BCUT2D eigenvalue weighted by Crippen LogP contribution is -2.06. The van der Waals surface area contributed by atoms with Crippen molar-refractivity contribution >= 4 is 27.7 Å². The van der Waals surface area contributed by atoms with Crippen LogP contribution in [-0.4, -0.2) is 21.0 Å². The summed E-state index contributed by atoms with van der Waals surface area (Å²) in [7, 11) is 0. The molecule has 0 aliphatic carbocycles. The summed E-state index contributed by atoms with van der Waals surface area (Å²) < 4.78 is 24.5. The molecule has 0 saturated heterocycles. The molecule has 0 bridgehead atoms.